The van der Waals surface area contributed by atoms with Gasteiger partial charge in [0, 0.05) is 23.9 Å². The molecule has 128 valence electrons. The molecule has 3 rings (SSSR count). The van der Waals surface area contributed by atoms with E-state index in [1.54, 1.807) is 19.4 Å². The third kappa shape index (κ3) is 4.14. The summed E-state index contributed by atoms with van der Waals surface area (Å²) in [5, 5.41) is 10.6. The molecule has 2 aromatic heterocycles. The summed E-state index contributed by atoms with van der Waals surface area (Å²) in [5.41, 5.74) is 9.99. The molecule has 0 spiro atoms. The quantitative estimate of drug-likeness (QED) is 0.747. The molecule has 1 aromatic carbocycles. The molecule has 0 amide bonds. The average molecular weight is 335 g/mol. The predicted molar refractivity (Wildman–Crippen MR) is 98.3 cm³/mol. The van der Waals surface area contributed by atoms with Crippen LogP contribution < -0.4 is 10.5 Å². The first-order chi connectivity index (χ1) is 12.0. The fourth-order valence-electron chi connectivity index (χ4n) is 2.71. The molecular formula is C20H21N3O2. The molecule has 3 N–H and O–H groups in total. The predicted octanol–water partition coefficient (Wildman–Crippen LogP) is 3.32. The molecule has 1 unspecified atom stereocenters. The summed E-state index contributed by atoms with van der Waals surface area (Å²) in [6.07, 6.45) is 1.47. The SMILES string of the molecule is COc1cc(C)cc(C(O)Cc2cccc(-c3ccc(N)nc3)n2)c1. The molecule has 3 aromatic rings. The summed E-state index contributed by atoms with van der Waals surface area (Å²) in [7, 11) is 1.62. The molecule has 0 radical (unpaired) electrons. The van der Waals surface area contributed by atoms with Gasteiger partial charge in [-0.2, -0.15) is 0 Å². The summed E-state index contributed by atoms with van der Waals surface area (Å²) in [4.78, 5) is 8.73. The maximum Gasteiger partial charge on any atom is 0.123 e. The monoisotopic (exact) mass is 335 g/mol. The van der Waals surface area contributed by atoms with Crippen molar-refractivity contribution in [1.29, 1.82) is 0 Å². The summed E-state index contributed by atoms with van der Waals surface area (Å²) in [6, 6.07) is 15.1. The molecule has 2 heterocycles. The van der Waals surface area contributed by atoms with Gasteiger partial charge in [-0.25, -0.2) is 4.98 Å². The lowest BCUT2D eigenvalue weighted by molar-refractivity contribution is 0.177. The Morgan fingerprint density at radius 1 is 1.16 bits per heavy atom. The van der Waals surface area contributed by atoms with Crippen molar-refractivity contribution in [2.45, 2.75) is 19.4 Å². The maximum absolute atomic E-state index is 10.6. The van der Waals surface area contributed by atoms with Gasteiger partial charge in [0.2, 0.25) is 0 Å². The normalized spacial score (nSPS) is 12.0. The van der Waals surface area contributed by atoms with Crippen LogP contribution in [0.5, 0.6) is 5.75 Å². The smallest absolute Gasteiger partial charge is 0.123 e. The van der Waals surface area contributed by atoms with E-state index in [0.717, 1.165) is 33.8 Å². The van der Waals surface area contributed by atoms with Crippen molar-refractivity contribution in [3.8, 4) is 17.0 Å². The van der Waals surface area contributed by atoms with E-state index >= 15 is 0 Å². The Labute approximate surface area is 147 Å². The van der Waals surface area contributed by atoms with E-state index in [1.807, 2.05) is 49.4 Å². The number of benzene rings is 1. The second-order valence-corrected chi connectivity index (χ2v) is 5.99. The molecule has 0 aliphatic rings. The highest BCUT2D eigenvalue weighted by Crippen LogP contribution is 2.25. The Morgan fingerprint density at radius 2 is 2.00 bits per heavy atom. The van der Waals surface area contributed by atoms with E-state index < -0.39 is 6.10 Å². The highest BCUT2D eigenvalue weighted by atomic mass is 16.5. The van der Waals surface area contributed by atoms with E-state index in [2.05, 4.69) is 9.97 Å². The minimum absolute atomic E-state index is 0.419. The number of nitrogens with two attached hydrogens (primary N) is 1. The molecule has 5 heteroatoms. The van der Waals surface area contributed by atoms with Gasteiger partial charge >= 0.3 is 0 Å². The van der Waals surface area contributed by atoms with Crippen LogP contribution in [0.15, 0.2) is 54.7 Å². The van der Waals surface area contributed by atoms with Crippen LogP contribution in [-0.4, -0.2) is 22.2 Å². The van der Waals surface area contributed by atoms with Gasteiger partial charge in [0.15, 0.2) is 0 Å². The summed E-state index contributed by atoms with van der Waals surface area (Å²) < 4.78 is 5.28. The van der Waals surface area contributed by atoms with Crippen LogP contribution in [0.1, 0.15) is 22.9 Å². The van der Waals surface area contributed by atoms with Crippen LogP contribution in [0, 0.1) is 6.92 Å². The number of ether oxygens (including phenoxy) is 1. The zero-order valence-electron chi connectivity index (χ0n) is 14.3. The van der Waals surface area contributed by atoms with Crippen molar-refractivity contribution in [3.05, 3.63) is 71.5 Å². The number of aromatic nitrogens is 2. The highest BCUT2D eigenvalue weighted by molar-refractivity contribution is 5.59. The molecule has 5 nitrogen and oxygen atoms in total. The van der Waals surface area contributed by atoms with Crippen molar-refractivity contribution in [3.63, 3.8) is 0 Å². The molecular weight excluding hydrogens is 314 g/mol. The average Bonchev–Trinajstić information content (AvgIpc) is 2.62. The van der Waals surface area contributed by atoms with Gasteiger partial charge in [0.25, 0.3) is 0 Å². The minimum atomic E-state index is -0.652. The first kappa shape index (κ1) is 16.9. The van der Waals surface area contributed by atoms with Gasteiger partial charge in [-0.1, -0.05) is 12.1 Å². The number of anilines is 1. The molecule has 0 bridgehead atoms. The summed E-state index contributed by atoms with van der Waals surface area (Å²) in [6.45, 7) is 1.98. The zero-order valence-corrected chi connectivity index (χ0v) is 14.3. The number of hydrogen-bond acceptors (Lipinski definition) is 5. The fourth-order valence-corrected chi connectivity index (χ4v) is 2.71. The third-order valence-electron chi connectivity index (χ3n) is 3.99. The lowest BCUT2D eigenvalue weighted by Gasteiger charge is -2.14. The number of nitrogen functional groups attached to an aromatic ring is 1. The Balaban J connectivity index is 1.82. The van der Waals surface area contributed by atoms with Crippen LogP contribution in [0.3, 0.4) is 0 Å². The Morgan fingerprint density at radius 3 is 2.72 bits per heavy atom. The molecule has 0 aliphatic heterocycles. The van der Waals surface area contributed by atoms with Gasteiger partial charge in [0.05, 0.1) is 18.9 Å². The van der Waals surface area contributed by atoms with Gasteiger partial charge in [-0.05, 0) is 54.4 Å². The molecule has 0 saturated heterocycles. The largest absolute Gasteiger partial charge is 0.497 e. The van der Waals surface area contributed by atoms with E-state index in [0.29, 0.717) is 12.2 Å². The standard InChI is InChI=1S/C20H21N3O2/c1-13-8-15(10-17(9-13)25-2)19(24)11-16-4-3-5-18(23-16)14-6-7-20(21)22-12-14/h3-10,12,19,24H,11H2,1-2H3,(H2,21,22). The van der Waals surface area contributed by atoms with Gasteiger partial charge in [0.1, 0.15) is 11.6 Å². The van der Waals surface area contributed by atoms with E-state index in [9.17, 15) is 5.11 Å². The van der Waals surface area contributed by atoms with Crippen LogP contribution >= 0.6 is 0 Å². The van der Waals surface area contributed by atoms with Crippen LogP contribution in [0.4, 0.5) is 5.82 Å². The number of aliphatic hydroxyl groups excluding tert-OH is 1. The van der Waals surface area contributed by atoms with Crippen molar-refractivity contribution >= 4 is 5.82 Å². The van der Waals surface area contributed by atoms with Crippen molar-refractivity contribution in [2.75, 3.05) is 12.8 Å². The molecule has 0 aliphatic carbocycles. The van der Waals surface area contributed by atoms with E-state index in [-0.39, 0.29) is 0 Å². The zero-order chi connectivity index (χ0) is 17.8. The van der Waals surface area contributed by atoms with Gasteiger partial charge in [-0.15, -0.1) is 0 Å². The van der Waals surface area contributed by atoms with Crippen molar-refractivity contribution in [2.24, 2.45) is 0 Å². The Hall–Kier alpha value is -2.92. The fraction of sp³-hybridized carbons (Fsp3) is 0.200. The van der Waals surface area contributed by atoms with Crippen LogP contribution in [0.25, 0.3) is 11.3 Å². The first-order valence-corrected chi connectivity index (χ1v) is 8.06. The number of aliphatic hydroxyl groups is 1. The number of rotatable bonds is 5. The van der Waals surface area contributed by atoms with Crippen LogP contribution in [-0.2, 0) is 6.42 Å². The van der Waals surface area contributed by atoms with Gasteiger partial charge < -0.3 is 15.6 Å². The first-order valence-electron chi connectivity index (χ1n) is 8.06. The summed E-state index contributed by atoms with van der Waals surface area (Å²) in [5.74, 6) is 1.22. The lowest BCUT2D eigenvalue weighted by atomic mass is 10.0. The third-order valence-corrected chi connectivity index (χ3v) is 3.99. The topological polar surface area (TPSA) is 81.3 Å². The second kappa shape index (κ2) is 7.32. The minimum Gasteiger partial charge on any atom is -0.497 e. The molecule has 25 heavy (non-hydrogen) atoms. The highest BCUT2D eigenvalue weighted by Gasteiger charge is 2.12. The van der Waals surface area contributed by atoms with Gasteiger partial charge in [-0.3, -0.25) is 4.98 Å². The second-order valence-electron chi connectivity index (χ2n) is 5.99. The van der Waals surface area contributed by atoms with Crippen molar-refractivity contribution in [1.82, 2.24) is 9.97 Å². The number of methoxy groups -OCH3 is 1. The molecule has 0 fully saturated rings. The lowest BCUT2D eigenvalue weighted by Crippen LogP contribution is -2.05. The van der Waals surface area contributed by atoms with Crippen LogP contribution in [0.2, 0.25) is 0 Å². The Bertz CT molecular complexity index is 863. The van der Waals surface area contributed by atoms with Crippen molar-refractivity contribution < 1.29 is 9.84 Å². The van der Waals surface area contributed by atoms with E-state index in [4.69, 9.17) is 10.5 Å². The number of nitrogens with zero attached hydrogens (tertiary/aromatic N) is 2. The molecule has 0 saturated carbocycles. The number of pyridine rings is 2. The van der Waals surface area contributed by atoms with E-state index in [1.165, 1.54) is 0 Å². The number of aryl methyl sites for hydroxylation is 1. The summed E-state index contributed by atoms with van der Waals surface area (Å²) >= 11 is 0. The Kier molecular flexibility index (Phi) is 4.95. The molecule has 1 atom stereocenters. The maximum atomic E-state index is 10.6. The number of hydrogen-bond donors (Lipinski definition) is 2.